The Morgan fingerprint density at radius 3 is 2.25 bits per heavy atom. The van der Waals surface area contributed by atoms with E-state index in [2.05, 4.69) is 0 Å². The molecule has 0 aliphatic rings. The van der Waals surface area contributed by atoms with E-state index in [1.165, 1.54) is 45.6 Å². The van der Waals surface area contributed by atoms with Crippen LogP contribution in [0.4, 0.5) is 11.4 Å². The number of ether oxygens (including phenoxy) is 3. The van der Waals surface area contributed by atoms with Gasteiger partial charge in [-0.1, -0.05) is 18.2 Å². The Kier molecular flexibility index (Phi) is 6.84. The van der Waals surface area contributed by atoms with Gasteiger partial charge in [0.2, 0.25) is 0 Å². The highest BCUT2D eigenvalue weighted by atomic mass is 32.2. The predicted octanol–water partition coefficient (Wildman–Crippen LogP) is 4.02. The molecule has 0 fully saturated rings. The molecule has 0 aliphatic carbocycles. The average Bonchev–Trinajstić information content (AvgIpc) is 2.82. The minimum atomic E-state index is -4.18. The first-order valence-electron chi connectivity index (χ1n) is 9.42. The first kappa shape index (κ1) is 22.9. The molecular weight excluding hydrogens is 436 g/mol. The van der Waals surface area contributed by atoms with Gasteiger partial charge < -0.3 is 14.2 Å². The minimum absolute atomic E-state index is 0.0439. The number of nitro groups is 1. The third-order valence-electron chi connectivity index (χ3n) is 4.73. The summed E-state index contributed by atoms with van der Waals surface area (Å²) < 4.78 is 44.2. The lowest BCUT2D eigenvalue weighted by atomic mass is 10.2. The zero-order valence-corrected chi connectivity index (χ0v) is 18.5. The highest BCUT2D eigenvalue weighted by molar-refractivity contribution is 7.92. The molecule has 0 atom stereocenters. The third-order valence-corrected chi connectivity index (χ3v) is 6.50. The summed E-state index contributed by atoms with van der Waals surface area (Å²) in [5, 5.41) is 11.2. The van der Waals surface area contributed by atoms with Gasteiger partial charge in [0.25, 0.3) is 15.7 Å². The summed E-state index contributed by atoms with van der Waals surface area (Å²) in [4.78, 5) is 10.3. The van der Waals surface area contributed by atoms with Gasteiger partial charge in [-0.15, -0.1) is 0 Å². The number of nitrogens with zero attached hydrogens (tertiary/aromatic N) is 2. The van der Waals surface area contributed by atoms with E-state index in [1.54, 1.807) is 36.4 Å². The number of non-ortho nitro benzene ring substituents is 1. The van der Waals surface area contributed by atoms with Gasteiger partial charge in [-0.3, -0.25) is 14.4 Å². The zero-order chi connectivity index (χ0) is 23.3. The van der Waals surface area contributed by atoms with Crippen LogP contribution in [-0.2, 0) is 16.6 Å². The number of sulfonamides is 1. The van der Waals surface area contributed by atoms with Crippen molar-refractivity contribution >= 4 is 21.4 Å². The summed E-state index contributed by atoms with van der Waals surface area (Å²) in [7, 11) is 0.263. The minimum Gasteiger partial charge on any atom is -0.497 e. The van der Waals surface area contributed by atoms with Crippen molar-refractivity contribution in [2.45, 2.75) is 11.4 Å². The molecule has 168 valence electrons. The van der Waals surface area contributed by atoms with E-state index in [-0.39, 0.29) is 17.1 Å². The second-order valence-corrected chi connectivity index (χ2v) is 8.52. The molecule has 0 N–H and O–H groups in total. The fourth-order valence-corrected chi connectivity index (χ4v) is 4.60. The monoisotopic (exact) mass is 458 g/mol. The van der Waals surface area contributed by atoms with E-state index >= 15 is 0 Å². The Balaban J connectivity index is 2.15. The van der Waals surface area contributed by atoms with Crippen molar-refractivity contribution in [1.82, 2.24) is 0 Å². The highest BCUT2D eigenvalue weighted by Crippen LogP contribution is 2.35. The van der Waals surface area contributed by atoms with Gasteiger partial charge in [-0.25, -0.2) is 8.42 Å². The number of nitro benzene ring substituents is 1. The van der Waals surface area contributed by atoms with Crippen molar-refractivity contribution in [3.8, 4) is 17.2 Å². The van der Waals surface area contributed by atoms with Crippen LogP contribution in [0.25, 0.3) is 0 Å². The van der Waals surface area contributed by atoms with Gasteiger partial charge in [0, 0.05) is 18.2 Å². The van der Waals surface area contributed by atoms with Gasteiger partial charge in [-0.2, -0.15) is 0 Å². The molecule has 0 unspecified atom stereocenters. The molecule has 0 saturated heterocycles. The molecule has 0 radical (unpaired) electrons. The molecule has 0 saturated carbocycles. The van der Waals surface area contributed by atoms with Crippen LogP contribution in [0.1, 0.15) is 5.56 Å². The fraction of sp³-hybridized carbons (Fsp3) is 0.182. The summed E-state index contributed by atoms with van der Waals surface area (Å²) >= 11 is 0. The number of hydrogen-bond acceptors (Lipinski definition) is 7. The van der Waals surface area contributed by atoms with E-state index in [0.29, 0.717) is 28.5 Å². The van der Waals surface area contributed by atoms with Gasteiger partial charge in [0.05, 0.1) is 43.4 Å². The van der Waals surface area contributed by atoms with Crippen LogP contribution >= 0.6 is 0 Å². The maximum atomic E-state index is 13.6. The van der Waals surface area contributed by atoms with Crippen LogP contribution in [0.3, 0.4) is 0 Å². The standard InChI is InChI=1S/C22H22N2O7S/c1-29-19-8-4-6-16(12-19)15-23(17-10-11-21(30-2)22(14-17)31-3)32(27,28)20-9-5-7-18(13-20)24(25)26/h4-14H,15H2,1-3H3. The summed E-state index contributed by atoms with van der Waals surface area (Å²) in [5.41, 5.74) is 0.643. The SMILES string of the molecule is COc1cccc(CN(c2ccc(OC)c(OC)c2)S(=O)(=O)c2cccc([N+](=O)[O-])c2)c1. The van der Waals surface area contributed by atoms with Crippen molar-refractivity contribution in [3.63, 3.8) is 0 Å². The van der Waals surface area contributed by atoms with Crippen LogP contribution in [0, 0.1) is 10.1 Å². The highest BCUT2D eigenvalue weighted by Gasteiger charge is 2.28. The second kappa shape index (κ2) is 9.56. The van der Waals surface area contributed by atoms with E-state index in [1.807, 2.05) is 0 Å². The zero-order valence-electron chi connectivity index (χ0n) is 17.7. The molecule has 9 nitrogen and oxygen atoms in total. The molecule has 3 rings (SSSR count). The van der Waals surface area contributed by atoms with Crippen LogP contribution in [-0.4, -0.2) is 34.7 Å². The molecule has 10 heteroatoms. The Hall–Kier alpha value is -3.79. The molecule has 0 amide bonds. The Bertz CT molecular complexity index is 1230. The molecule has 32 heavy (non-hydrogen) atoms. The van der Waals surface area contributed by atoms with Crippen LogP contribution in [0.5, 0.6) is 17.2 Å². The van der Waals surface area contributed by atoms with Crippen molar-refractivity contribution in [1.29, 1.82) is 0 Å². The lowest BCUT2D eigenvalue weighted by Crippen LogP contribution is -2.30. The Morgan fingerprint density at radius 1 is 0.875 bits per heavy atom. The maximum Gasteiger partial charge on any atom is 0.270 e. The molecule has 0 bridgehead atoms. The Morgan fingerprint density at radius 2 is 1.59 bits per heavy atom. The van der Waals surface area contributed by atoms with Crippen LogP contribution < -0.4 is 18.5 Å². The third kappa shape index (κ3) is 4.75. The quantitative estimate of drug-likeness (QED) is 0.352. The van der Waals surface area contributed by atoms with E-state index in [4.69, 9.17) is 14.2 Å². The van der Waals surface area contributed by atoms with Gasteiger partial charge in [0.1, 0.15) is 5.75 Å². The van der Waals surface area contributed by atoms with Crippen LogP contribution in [0.2, 0.25) is 0 Å². The summed E-state index contributed by atoms with van der Waals surface area (Å²) in [6.45, 7) is -0.0439. The number of rotatable bonds is 9. The molecular formula is C22H22N2O7S. The van der Waals surface area contributed by atoms with Crippen molar-refractivity contribution in [2.75, 3.05) is 25.6 Å². The first-order valence-corrected chi connectivity index (χ1v) is 10.9. The molecule has 0 spiro atoms. The molecule has 0 aromatic heterocycles. The normalized spacial score (nSPS) is 11.0. The van der Waals surface area contributed by atoms with Gasteiger partial charge in [0.15, 0.2) is 11.5 Å². The maximum absolute atomic E-state index is 13.6. The molecule has 0 heterocycles. The van der Waals surface area contributed by atoms with E-state index < -0.39 is 14.9 Å². The number of hydrogen-bond donors (Lipinski definition) is 0. The average molecular weight is 458 g/mol. The lowest BCUT2D eigenvalue weighted by molar-refractivity contribution is -0.385. The van der Waals surface area contributed by atoms with Gasteiger partial charge >= 0.3 is 0 Å². The summed E-state index contributed by atoms with van der Waals surface area (Å²) in [6.07, 6.45) is 0. The molecule has 3 aromatic rings. The van der Waals surface area contributed by atoms with Crippen molar-refractivity contribution in [3.05, 3.63) is 82.4 Å². The number of anilines is 1. The van der Waals surface area contributed by atoms with Gasteiger partial charge in [-0.05, 0) is 35.9 Å². The van der Waals surface area contributed by atoms with Crippen LogP contribution in [0.15, 0.2) is 71.6 Å². The molecule has 0 aliphatic heterocycles. The number of methoxy groups -OCH3 is 3. The Labute approximate surface area is 186 Å². The largest absolute Gasteiger partial charge is 0.497 e. The van der Waals surface area contributed by atoms with Crippen molar-refractivity contribution in [2.24, 2.45) is 0 Å². The van der Waals surface area contributed by atoms with E-state index in [0.717, 1.165) is 10.4 Å². The molecule has 3 aromatic carbocycles. The summed E-state index contributed by atoms with van der Waals surface area (Å²) in [6, 6.07) is 16.6. The topological polar surface area (TPSA) is 108 Å². The lowest BCUT2D eigenvalue weighted by Gasteiger charge is -2.25. The van der Waals surface area contributed by atoms with E-state index in [9.17, 15) is 18.5 Å². The predicted molar refractivity (Wildman–Crippen MR) is 119 cm³/mol. The fourth-order valence-electron chi connectivity index (χ4n) is 3.12. The first-order chi connectivity index (χ1) is 15.3. The van der Waals surface area contributed by atoms with Crippen molar-refractivity contribution < 1.29 is 27.6 Å². The number of benzene rings is 3. The smallest absolute Gasteiger partial charge is 0.270 e. The summed E-state index contributed by atoms with van der Waals surface area (Å²) in [5.74, 6) is 1.35. The second-order valence-electron chi connectivity index (χ2n) is 6.66.